The predicted molar refractivity (Wildman–Crippen MR) is 125 cm³/mol. The highest BCUT2D eigenvalue weighted by atomic mass is 19.4. The molecule has 0 spiro atoms. The van der Waals surface area contributed by atoms with E-state index in [1.807, 2.05) is 18.2 Å². The first-order valence-corrected chi connectivity index (χ1v) is 12.0. The van der Waals surface area contributed by atoms with Gasteiger partial charge in [-0.15, -0.1) is 0 Å². The van der Waals surface area contributed by atoms with Crippen molar-refractivity contribution in [1.82, 2.24) is 10.3 Å². The lowest BCUT2D eigenvalue weighted by Crippen LogP contribution is -2.19. The summed E-state index contributed by atoms with van der Waals surface area (Å²) in [6.45, 7) is 0.0748. The van der Waals surface area contributed by atoms with E-state index < -0.39 is 11.7 Å². The van der Waals surface area contributed by atoms with Crippen molar-refractivity contribution in [3.63, 3.8) is 0 Å². The Morgan fingerprint density at radius 1 is 1.12 bits per heavy atom. The minimum absolute atomic E-state index is 0.00286. The number of amides is 1. The lowest BCUT2D eigenvalue weighted by atomic mass is 9.91. The molecule has 1 amide bonds. The fourth-order valence-electron chi connectivity index (χ4n) is 5.65. The second-order valence-electron chi connectivity index (χ2n) is 9.53. The van der Waals surface area contributed by atoms with Crippen LogP contribution in [-0.4, -0.2) is 17.9 Å². The Hall–Kier alpha value is -2.96. The number of hydrogen-bond donors (Lipinski definition) is 2. The molecular formula is C27H29F3N2O2. The molecule has 0 unspecified atom stereocenters. The molecule has 180 valence electrons. The quantitative estimate of drug-likeness (QED) is 0.427. The topological polar surface area (TPSA) is 54.1 Å². The van der Waals surface area contributed by atoms with E-state index in [9.17, 15) is 18.0 Å². The average molecular weight is 471 g/mol. The molecule has 34 heavy (non-hydrogen) atoms. The van der Waals surface area contributed by atoms with Crippen molar-refractivity contribution >= 4 is 16.8 Å². The van der Waals surface area contributed by atoms with Crippen LogP contribution in [0.25, 0.3) is 10.9 Å². The first-order chi connectivity index (χ1) is 16.3. The lowest BCUT2D eigenvalue weighted by Gasteiger charge is -2.19. The number of aromatic nitrogens is 1. The maximum Gasteiger partial charge on any atom is 0.416 e. The van der Waals surface area contributed by atoms with Gasteiger partial charge in [0.2, 0.25) is 5.91 Å². The van der Waals surface area contributed by atoms with E-state index in [0.29, 0.717) is 23.3 Å². The summed E-state index contributed by atoms with van der Waals surface area (Å²) in [7, 11) is 1.65. The number of aryl methyl sites for hydroxylation is 1. The number of H-pyrrole nitrogens is 1. The van der Waals surface area contributed by atoms with Crippen LogP contribution in [0.3, 0.4) is 0 Å². The molecule has 0 aliphatic heterocycles. The SMILES string of the molecule is CNC(=O)C[C@H]1CCc2c1[nH]c1ccc(OCc3ccc(C4CCCC4)c(C(F)(F)F)c3)cc21. The highest BCUT2D eigenvalue weighted by Crippen LogP contribution is 2.43. The van der Waals surface area contributed by atoms with Crippen molar-refractivity contribution in [2.24, 2.45) is 0 Å². The highest BCUT2D eigenvalue weighted by Gasteiger charge is 2.36. The Balaban J connectivity index is 1.35. The second kappa shape index (κ2) is 9.01. The molecular weight excluding hydrogens is 441 g/mol. The highest BCUT2D eigenvalue weighted by molar-refractivity contribution is 5.87. The van der Waals surface area contributed by atoms with Crippen LogP contribution in [0, 0.1) is 0 Å². The normalized spacial score (nSPS) is 18.4. The van der Waals surface area contributed by atoms with Crippen LogP contribution in [0.5, 0.6) is 5.75 Å². The zero-order valence-corrected chi connectivity index (χ0v) is 19.2. The zero-order valence-electron chi connectivity index (χ0n) is 19.2. The van der Waals surface area contributed by atoms with Gasteiger partial charge in [0.25, 0.3) is 0 Å². The smallest absolute Gasteiger partial charge is 0.416 e. The summed E-state index contributed by atoms with van der Waals surface area (Å²) < 4.78 is 47.3. The first-order valence-electron chi connectivity index (χ1n) is 12.0. The summed E-state index contributed by atoms with van der Waals surface area (Å²) in [5.74, 6) is 0.818. The Bertz CT molecular complexity index is 1210. The number of ether oxygens (including phenoxy) is 1. The van der Waals surface area contributed by atoms with Gasteiger partial charge in [-0.2, -0.15) is 13.2 Å². The van der Waals surface area contributed by atoms with Crippen molar-refractivity contribution in [2.75, 3.05) is 7.05 Å². The third kappa shape index (κ3) is 4.40. The van der Waals surface area contributed by atoms with E-state index >= 15 is 0 Å². The van der Waals surface area contributed by atoms with E-state index in [1.165, 1.54) is 11.6 Å². The maximum absolute atomic E-state index is 13.8. The number of halogens is 3. The number of carbonyl (C=O) groups is 1. The minimum atomic E-state index is -4.37. The number of aromatic amines is 1. The molecule has 0 radical (unpaired) electrons. The van der Waals surface area contributed by atoms with Crippen LogP contribution in [0.15, 0.2) is 36.4 Å². The van der Waals surface area contributed by atoms with Gasteiger partial charge in [-0.05, 0) is 72.6 Å². The second-order valence-corrected chi connectivity index (χ2v) is 9.53. The number of alkyl halides is 3. The molecule has 7 heteroatoms. The molecule has 1 atom stereocenters. The monoisotopic (exact) mass is 470 g/mol. The maximum atomic E-state index is 13.8. The minimum Gasteiger partial charge on any atom is -0.489 e. The molecule has 3 aromatic rings. The number of carbonyl (C=O) groups excluding carboxylic acids is 1. The number of nitrogens with one attached hydrogen (secondary N) is 2. The van der Waals surface area contributed by atoms with Gasteiger partial charge in [-0.1, -0.05) is 25.0 Å². The molecule has 1 heterocycles. The zero-order chi connectivity index (χ0) is 23.9. The predicted octanol–water partition coefficient (Wildman–Crippen LogP) is 6.59. The Kier molecular flexibility index (Phi) is 6.04. The molecule has 0 saturated heterocycles. The standard InChI is InChI=1S/C27H29F3N2O2/c1-31-25(33)13-18-7-10-21-22-14-19(8-11-24(22)32-26(18)21)34-15-16-6-9-20(17-4-2-3-5-17)23(12-16)27(28,29)30/h6,8-9,11-12,14,17-18,32H,2-5,7,10,13,15H2,1H3,(H,31,33)/t18-/m1/s1. The molecule has 5 rings (SSSR count). The van der Waals surface area contributed by atoms with Crippen LogP contribution >= 0.6 is 0 Å². The lowest BCUT2D eigenvalue weighted by molar-refractivity contribution is -0.138. The summed E-state index contributed by atoms with van der Waals surface area (Å²) in [5, 5.41) is 3.74. The molecule has 2 aromatic carbocycles. The van der Waals surface area contributed by atoms with Gasteiger partial charge in [0.1, 0.15) is 12.4 Å². The fourth-order valence-corrected chi connectivity index (χ4v) is 5.65. The Morgan fingerprint density at radius 3 is 2.65 bits per heavy atom. The number of rotatable bonds is 6. The van der Waals surface area contributed by atoms with Gasteiger partial charge in [0, 0.05) is 36.0 Å². The largest absolute Gasteiger partial charge is 0.489 e. The first kappa shape index (κ1) is 22.8. The molecule has 1 saturated carbocycles. The van der Waals surface area contributed by atoms with Crippen molar-refractivity contribution in [3.05, 3.63) is 64.3 Å². The molecule has 1 fully saturated rings. The number of hydrogen-bond acceptors (Lipinski definition) is 2. The van der Waals surface area contributed by atoms with E-state index in [0.717, 1.165) is 55.1 Å². The van der Waals surface area contributed by atoms with Gasteiger partial charge in [-0.25, -0.2) is 0 Å². The van der Waals surface area contributed by atoms with Crippen LogP contribution in [-0.2, 0) is 24.0 Å². The van der Waals surface area contributed by atoms with Crippen molar-refractivity contribution < 1.29 is 22.7 Å². The molecule has 2 aliphatic carbocycles. The van der Waals surface area contributed by atoms with E-state index in [2.05, 4.69) is 10.3 Å². The van der Waals surface area contributed by atoms with Gasteiger partial charge in [-0.3, -0.25) is 4.79 Å². The third-order valence-electron chi connectivity index (χ3n) is 7.40. The van der Waals surface area contributed by atoms with Crippen molar-refractivity contribution in [1.29, 1.82) is 0 Å². The summed E-state index contributed by atoms with van der Waals surface area (Å²) in [6, 6.07) is 10.4. The Labute approximate surface area is 196 Å². The van der Waals surface area contributed by atoms with E-state index in [1.54, 1.807) is 19.2 Å². The average Bonchev–Trinajstić information content (AvgIpc) is 3.55. The van der Waals surface area contributed by atoms with E-state index in [4.69, 9.17) is 4.74 Å². The van der Waals surface area contributed by atoms with Crippen molar-refractivity contribution in [3.8, 4) is 5.75 Å². The summed E-state index contributed by atoms with van der Waals surface area (Å²) >= 11 is 0. The molecule has 0 bridgehead atoms. The number of benzene rings is 2. The van der Waals surface area contributed by atoms with Gasteiger partial charge >= 0.3 is 6.18 Å². The molecule has 2 aliphatic rings. The summed E-state index contributed by atoms with van der Waals surface area (Å²) in [6.07, 6.45) is 1.52. The van der Waals surface area contributed by atoms with Gasteiger partial charge in [0.15, 0.2) is 0 Å². The fraction of sp³-hybridized carbons (Fsp3) is 0.444. The Morgan fingerprint density at radius 2 is 1.91 bits per heavy atom. The van der Waals surface area contributed by atoms with Crippen LogP contribution < -0.4 is 10.1 Å². The summed E-state index contributed by atoms with van der Waals surface area (Å²) in [4.78, 5) is 15.3. The van der Waals surface area contributed by atoms with E-state index in [-0.39, 0.29) is 24.3 Å². The summed E-state index contributed by atoms with van der Waals surface area (Å²) in [5.41, 5.74) is 3.70. The molecule has 1 aromatic heterocycles. The van der Waals surface area contributed by atoms with Crippen molar-refractivity contribution in [2.45, 2.75) is 69.6 Å². The third-order valence-corrected chi connectivity index (χ3v) is 7.40. The molecule has 4 nitrogen and oxygen atoms in total. The van der Waals surface area contributed by atoms with Crippen LogP contribution in [0.2, 0.25) is 0 Å². The molecule has 2 N–H and O–H groups in total. The van der Waals surface area contributed by atoms with Gasteiger partial charge < -0.3 is 15.0 Å². The van der Waals surface area contributed by atoms with Crippen LogP contribution in [0.1, 0.15) is 78.3 Å². The number of fused-ring (bicyclic) bond motifs is 3. The van der Waals surface area contributed by atoms with Gasteiger partial charge in [0.05, 0.1) is 5.56 Å². The van der Waals surface area contributed by atoms with Crippen LogP contribution in [0.4, 0.5) is 13.2 Å².